The SMILES string of the molecule is O=P(c1ccccc1)(c1ccccc1)c1ccc(-c2ccc3c4ccccc4n(-c4nc5ccccc5c5nc6ccccc6n45)c3c2)cc1. The third-order valence-corrected chi connectivity index (χ3v) is 12.9. The zero-order valence-corrected chi connectivity index (χ0v) is 27.8. The summed E-state index contributed by atoms with van der Waals surface area (Å²) in [6.45, 7) is 0. The van der Waals surface area contributed by atoms with E-state index in [0.29, 0.717) is 0 Å². The fourth-order valence-corrected chi connectivity index (χ4v) is 10.1. The molecule has 0 saturated carbocycles. The fraction of sp³-hybridized carbons (Fsp3) is 0. The van der Waals surface area contributed by atoms with Crippen LogP contribution in [0.3, 0.4) is 0 Å². The number of para-hydroxylation sites is 4. The van der Waals surface area contributed by atoms with E-state index in [2.05, 4.69) is 93.9 Å². The highest BCUT2D eigenvalue weighted by molar-refractivity contribution is 7.85. The first kappa shape index (κ1) is 28.7. The summed E-state index contributed by atoms with van der Waals surface area (Å²) in [4.78, 5) is 10.4. The van der Waals surface area contributed by atoms with E-state index in [1.54, 1.807) is 0 Å². The maximum absolute atomic E-state index is 15.0. The summed E-state index contributed by atoms with van der Waals surface area (Å²) < 4.78 is 19.5. The number of rotatable bonds is 5. The Morgan fingerprint density at radius 2 is 0.960 bits per heavy atom. The Kier molecular flexibility index (Phi) is 6.39. The van der Waals surface area contributed by atoms with Crippen LogP contribution in [0.4, 0.5) is 0 Å². The highest BCUT2D eigenvalue weighted by atomic mass is 31.2. The minimum atomic E-state index is -3.07. The zero-order valence-electron chi connectivity index (χ0n) is 26.9. The van der Waals surface area contributed by atoms with Crippen molar-refractivity contribution >= 4 is 72.4 Å². The van der Waals surface area contributed by atoms with Crippen molar-refractivity contribution in [2.24, 2.45) is 0 Å². The molecule has 0 aliphatic heterocycles. The van der Waals surface area contributed by atoms with Gasteiger partial charge in [0.15, 0.2) is 7.14 Å². The Balaban J connectivity index is 1.19. The van der Waals surface area contributed by atoms with Crippen LogP contribution in [0.5, 0.6) is 0 Å². The van der Waals surface area contributed by atoms with Gasteiger partial charge in [-0.1, -0.05) is 140 Å². The Morgan fingerprint density at radius 1 is 0.420 bits per heavy atom. The van der Waals surface area contributed by atoms with E-state index in [4.69, 9.17) is 9.97 Å². The molecule has 6 heteroatoms. The van der Waals surface area contributed by atoms with Crippen molar-refractivity contribution in [1.82, 2.24) is 18.9 Å². The van der Waals surface area contributed by atoms with E-state index >= 15 is 0 Å². The van der Waals surface area contributed by atoms with Crippen molar-refractivity contribution < 1.29 is 4.57 Å². The molecule has 0 aliphatic rings. The summed E-state index contributed by atoms with van der Waals surface area (Å²) >= 11 is 0. The van der Waals surface area contributed by atoms with Crippen LogP contribution in [0.25, 0.3) is 66.5 Å². The van der Waals surface area contributed by atoms with E-state index in [0.717, 1.165) is 82.4 Å². The van der Waals surface area contributed by atoms with Crippen LogP contribution >= 0.6 is 7.14 Å². The lowest BCUT2D eigenvalue weighted by atomic mass is 10.0. The van der Waals surface area contributed by atoms with Gasteiger partial charge in [0.25, 0.3) is 0 Å². The Bertz CT molecular complexity index is 2900. The van der Waals surface area contributed by atoms with Crippen molar-refractivity contribution in [3.63, 3.8) is 0 Å². The normalized spacial score (nSPS) is 12.1. The van der Waals surface area contributed by atoms with Crippen molar-refractivity contribution in [2.45, 2.75) is 0 Å². The summed E-state index contributed by atoms with van der Waals surface area (Å²) in [6, 6.07) is 59.5. The van der Waals surface area contributed by atoms with Crippen LogP contribution in [-0.2, 0) is 4.57 Å². The van der Waals surface area contributed by atoms with Gasteiger partial charge in [0.2, 0.25) is 5.95 Å². The van der Waals surface area contributed by atoms with Gasteiger partial charge in [0, 0.05) is 32.1 Å². The first-order chi connectivity index (χ1) is 24.7. The van der Waals surface area contributed by atoms with Crippen LogP contribution in [-0.4, -0.2) is 18.9 Å². The van der Waals surface area contributed by atoms with E-state index in [9.17, 15) is 4.57 Å². The zero-order chi connectivity index (χ0) is 33.2. The van der Waals surface area contributed by atoms with Crippen LogP contribution < -0.4 is 15.9 Å². The lowest BCUT2D eigenvalue weighted by Gasteiger charge is -2.20. The number of hydrogen-bond donors (Lipinski definition) is 0. The second-order valence-electron chi connectivity index (χ2n) is 12.6. The van der Waals surface area contributed by atoms with Gasteiger partial charge in [-0.2, -0.15) is 0 Å². The summed E-state index contributed by atoms with van der Waals surface area (Å²) in [5, 5.41) is 5.77. The molecule has 10 rings (SSSR count). The highest BCUT2D eigenvalue weighted by Gasteiger charge is 2.29. The third-order valence-electron chi connectivity index (χ3n) is 9.80. The number of benzene rings is 7. The minimum absolute atomic E-state index is 0.790. The topological polar surface area (TPSA) is 52.2 Å². The summed E-state index contributed by atoms with van der Waals surface area (Å²) in [7, 11) is -3.07. The molecule has 5 nitrogen and oxygen atoms in total. The van der Waals surface area contributed by atoms with Crippen LogP contribution in [0, 0.1) is 0 Å². The molecular weight excluding hydrogens is 631 g/mol. The molecule has 0 amide bonds. The first-order valence-corrected chi connectivity index (χ1v) is 18.4. The average molecular weight is 661 g/mol. The fourth-order valence-electron chi connectivity index (χ4n) is 7.43. The maximum Gasteiger partial charge on any atom is 0.221 e. The molecule has 3 heterocycles. The summed E-state index contributed by atoms with van der Waals surface area (Å²) in [5.74, 6) is 0.790. The number of fused-ring (bicyclic) bond motifs is 8. The largest absolute Gasteiger partial charge is 0.309 e. The van der Waals surface area contributed by atoms with Gasteiger partial charge in [-0.15, -0.1) is 0 Å². The molecular formula is C44H29N4OP. The maximum atomic E-state index is 15.0. The second kappa shape index (κ2) is 11.1. The number of hydrogen-bond acceptors (Lipinski definition) is 3. The van der Waals surface area contributed by atoms with Gasteiger partial charge in [-0.25, -0.2) is 9.97 Å². The quantitative estimate of drug-likeness (QED) is 0.173. The van der Waals surface area contributed by atoms with Gasteiger partial charge in [0.1, 0.15) is 5.65 Å². The molecule has 0 N–H and O–H groups in total. The molecule has 236 valence electrons. The molecule has 7 aromatic carbocycles. The van der Waals surface area contributed by atoms with Crippen LogP contribution in [0.1, 0.15) is 0 Å². The number of nitrogens with zero attached hydrogens (tertiary/aromatic N) is 4. The summed E-state index contributed by atoms with van der Waals surface area (Å²) in [5.41, 5.74) is 7.94. The lowest BCUT2D eigenvalue weighted by Crippen LogP contribution is -2.24. The molecule has 50 heavy (non-hydrogen) atoms. The van der Waals surface area contributed by atoms with E-state index < -0.39 is 7.14 Å². The predicted molar refractivity (Wildman–Crippen MR) is 207 cm³/mol. The second-order valence-corrected chi connectivity index (χ2v) is 15.4. The van der Waals surface area contributed by atoms with Crippen molar-refractivity contribution in [1.29, 1.82) is 0 Å². The van der Waals surface area contributed by atoms with Crippen molar-refractivity contribution in [3.05, 3.63) is 176 Å². The van der Waals surface area contributed by atoms with Crippen molar-refractivity contribution in [3.8, 4) is 17.1 Å². The molecule has 0 radical (unpaired) electrons. The number of imidazole rings is 1. The van der Waals surface area contributed by atoms with E-state index in [1.807, 2.05) is 91.0 Å². The van der Waals surface area contributed by atoms with Crippen LogP contribution in [0.2, 0.25) is 0 Å². The van der Waals surface area contributed by atoms with Crippen molar-refractivity contribution in [2.75, 3.05) is 0 Å². The minimum Gasteiger partial charge on any atom is -0.309 e. The molecule has 0 spiro atoms. The molecule has 0 saturated heterocycles. The molecule has 3 aromatic heterocycles. The number of aromatic nitrogens is 4. The molecule has 0 atom stereocenters. The molecule has 0 fully saturated rings. The van der Waals surface area contributed by atoms with Gasteiger partial charge in [0.05, 0.1) is 27.6 Å². The van der Waals surface area contributed by atoms with E-state index in [1.165, 1.54) is 0 Å². The molecule has 0 aliphatic carbocycles. The van der Waals surface area contributed by atoms with Crippen LogP contribution in [0.15, 0.2) is 176 Å². The first-order valence-electron chi connectivity index (χ1n) is 16.7. The Morgan fingerprint density at radius 3 is 1.68 bits per heavy atom. The van der Waals surface area contributed by atoms with Gasteiger partial charge < -0.3 is 4.57 Å². The molecule has 0 bridgehead atoms. The molecule has 0 unspecified atom stereocenters. The average Bonchev–Trinajstić information content (AvgIpc) is 3.74. The monoisotopic (exact) mass is 660 g/mol. The molecule has 10 aromatic rings. The summed E-state index contributed by atoms with van der Waals surface area (Å²) in [6.07, 6.45) is 0. The van der Waals surface area contributed by atoms with Gasteiger partial charge in [-0.05, 0) is 47.5 Å². The Hall–Kier alpha value is -6.29. The predicted octanol–water partition coefficient (Wildman–Crippen LogP) is 9.44. The lowest BCUT2D eigenvalue weighted by molar-refractivity contribution is 0.592. The van der Waals surface area contributed by atoms with Gasteiger partial charge >= 0.3 is 0 Å². The standard InChI is InChI=1S/C44H29N4OP/c49-50(32-13-3-1-4-14-32,33-15-5-2-6-16-33)34-26-23-30(24-27-34)31-25-28-36-35-17-8-11-21-40(35)47(42(36)29-31)44-46-38-19-9-7-18-37(38)43-45-39-20-10-12-22-41(39)48(43)44/h1-29H. The van der Waals surface area contributed by atoms with Gasteiger partial charge in [-0.3, -0.25) is 8.97 Å². The highest BCUT2D eigenvalue weighted by Crippen LogP contribution is 2.43. The Labute approximate surface area is 288 Å². The smallest absolute Gasteiger partial charge is 0.221 e. The van der Waals surface area contributed by atoms with E-state index in [-0.39, 0.29) is 0 Å². The third kappa shape index (κ3) is 4.24.